The van der Waals surface area contributed by atoms with Crippen LogP contribution in [0.2, 0.25) is 0 Å². The average Bonchev–Trinajstić information content (AvgIpc) is 2.21. The summed E-state index contributed by atoms with van der Waals surface area (Å²) in [6.07, 6.45) is 4.62. The number of carboxylic acids is 1. The van der Waals surface area contributed by atoms with Gasteiger partial charge in [0, 0.05) is 5.41 Å². The second-order valence-electron chi connectivity index (χ2n) is 6.34. The number of esters is 1. The fourth-order valence-electron chi connectivity index (χ4n) is 1.88. The molecule has 0 aromatic rings. The molecule has 0 aliphatic carbocycles. The molecule has 0 aromatic heterocycles. The molecule has 0 rings (SSSR count). The average molecular weight is 304 g/mol. The van der Waals surface area contributed by atoms with E-state index in [0.29, 0.717) is 0 Å². The fraction of sp³-hybridized carbons (Fsp3) is 0.867. The van der Waals surface area contributed by atoms with Gasteiger partial charge < -0.3 is 9.84 Å². The van der Waals surface area contributed by atoms with Crippen LogP contribution < -0.4 is 0 Å². The van der Waals surface area contributed by atoms with Crippen LogP contribution in [0.1, 0.15) is 73.1 Å². The summed E-state index contributed by atoms with van der Waals surface area (Å²) in [5, 5.41) is 8.63. The molecule has 0 radical (unpaired) electrons. The normalized spacial score (nSPS) is 13.4. The first-order chi connectivity index (χ1) is 8.62. The molecule has 21 heavy (non-hydrogen) atoms. The molecular weight excluding hydrogens is 274 g/mol. The summed E-state index contributed by atoms with van der Waals surface area (Å²) < 4.78 is 5.47. The van der Waals surface area contributed by atoms with Crippen LogP contribution in [-0.4, -0.2) is 71.1 Å². The van der Waals surface area contributed by atoms with E-state index in [2.05, 4.69) is 6.92 Å². The van der Waals surface area contributed by atoms with Gasteiger partial charge in [0.05, 0.1) is 0 Å². The molecule has 0 saturated carbocycles. The SMILES string of the molecule is CCCCCCC(C)(OC(=O)CC(=O)O)C(C)(C)C.[LiH].[NaH]. The third-order valence-corrected chi connectivity index (χ3v) is 3.73. The maximum atomic E-state index is 11.6. The first-order valence-electron chi connectivity index (χ1n) is 7.06. The third kappa shape index (κ3) is 10.8. The monoisotopic (exact) mass is 304 g/mol. The summed E-state index contributed by atoms with van der Waals surface area (Å²) in [7, 11) is 0. The Morgan fingerprint density at radius 2 is 1.57 bits per heavy atom. The molecule has 0 saturated heterocycles. The van der Waals surface area contributed by atoms with E-state index >= 15 is 0 Å². The van der Waals surface area contributed by atoms with E-state index < -0.39 is 24.0 Å². The van der Waals surface area contributed by atoms with Crippen LogP contribution in [0.3, 0.4) is 0 Å². The molecule has 0 aliphatic heterocycles. The van der Waals surface area contributed by atoms with Gasteiger partial charge in [-0.2, -0.15) is 0 Å². The van der Waals surface area contributed by atoms with Crippen molar-refractivity contribution in [3.8, 4) is 0 Å². The molecule has 0 heterocycles. The quantitative estimate of drug-likeness (QED) is 0.324. The molecule has 0 fully saturated rings. The van der Waals surface area contributed by atoms with Gasteiger partial charge >= 0.3 is 60.4 Å². The number of hydrogen-bond acceptors (Lipinski definition) is 3. The molecule has 4 nitrogen and oxygen atoms in total. The maximum absolute atomic E-state index is 11.6. The number of carbonyl (C=O) groups is 2. The van der Waals surface area contributed by atoms with Crippen molar-refractivity contribution in [3.05, 3.63) is 0 Å². The van der Waals surface area contributed by atoms with Gasteiger partial charge in [-0.1, -0.05) is 47.0 Å². The van der Waals surface area contributed by atoms with Crippen molar-refractivity contribution < 1.29 is 19.4 Å². The van der Waals surface area contributed by atoms with Gasteiger partial charge in [-0.05, 0) is 19.8 Å². The van der Waals surface area contributed by atoms with E-state index in [1.54, 1.807) is 0 Å². The fourth-order valence-corrected chi connectivity index (χ4v) is 1.88. The number of ether oxygens (including phenoxy) is 1. The number of carboxylic acid groups (broad SMARTS) is 1. The Labute approximate surface area is 163 Å². The van der Waals surface area contributed by atoms with E-state index in [4.69, 9.17) is 9.84 Å². The topological polar surface area (TPSA) is 63.6 Å². The Morgan fingerprint density at radius 1 is 1.05 bits per heavy atom. The minimum atomic E-state index is -1.15. The Bertz CT molecular complexity index is 315. The van der Waals surface area contributed by atoms with Gasteiger partial charge in [0.25, 0.3) is 0 Å². The van der Waals surface area contributed by atoms with Crippen LogP contribution >= 0.6 is 0 Å². The van der Waals surface area contributed by atoms with Crippen LogP contribution in [0.15, 0.2) is 0 Å². The predicted molar refractivity (Wildman–Crippen MR) is 89.3 cm³/mol. The Morgan fingerprint density at radius 3 is 1.95 bits per heavy atom. The van der Waals surface area contributed by atoms with Crippen molar-refractivity contribution >= 4 is 60.4 Å². The van der Waals surface area contributed by atoms with Crippen molar-refractivity contribution in [1.29, 1.82) is 0 Å². The van der Waals surface area contributed by atoms with Crippen molar-refractivity contribution in [2.75, 3.05) is 0 Å². The van der Waals surface area contributed by atoms with E-state index in [9.17, 15) is 9.59 Å². The van der Waals surface area contributed by atoms with Crippen molar-refractivity contribution in [3.63, 3.8) is 0 Å². The van der Waals surface area contributed by atoms with Gasteiger partial charge in [-0.3, -0.25) is 9.59 Å². The number of unbranched alkanes of at least 4 members (excludes halogenated alkanes) is 3. The summed E-state index contributed by atoms with van der Waals surface area (Å²) in [5.41, 5.74) is -0.833. The molecule has 0 bridgehead atoms. The zero-order chi connectivity index (χ0) is 15.1. The van der Waals surface area contributed by atoms with Crippen LogP contribution in [-0.2, 0) is 14.3 Å². The van der Waals surface area contributed by atoms with Crippen LogP contribution in [0.4, 0.5) is 0 Å². The Hall–Kier alpha value is 0.537. The molecule has 0 aromatic carbocycles. The second kappa shape index (κ2) is 12.0. The summed E-state index contributed by atoms with van der Waals surface area (Å²) in [6, 6.07) is 0. The van der Waals surface area contributed by atoms with E-state index in [-0.39, 0.29) is 53.8 Å². The van der Waals surface area contributed by atoms with Crippen molar-refractivity contribution in [2.24, 2.45) is 5.41 Å². The summed E-state index contributed by atoms with van der Waals surface area (Å²) in [6.45, 7) is 10.1. The molecule has 1 atom stereocenters. The number of hydrogen-bond donors (Lipinski definition) is 1. The van der Waals surface area contributed by atoms with E-state index in [1.807, 2.05) is 27.7 Å². The Balaban J connectivity index is -0.00000162. The first kappa shape index (κ1) is 26.4. The molecule has 0 amide bonds. The van der Waals surface area contributed by atoms with Crippen molar-refractivity contribution in [2.45, 2.75) is 78.7 Å². The Kier molecular flexibility index (Phi) is 15.1. The zero-order valence-electron chi connectivity index (χ0n) is 12.9. The van der Waals surface area contributed by atoms with Crippen LogP contribution in [0.5, 0.6) is 0 Å². The molecule has 0 aliphatic rings. The van der Waals surface area contributed by atoms with Gasteiger partial charge in [0.2, 0.25) is 0 Å². The molecule has 1 N–H and O–H groups in total. The number of aliphatic carboxylic acids is 1. The van der Waals surface area contributed by atoms with Crippen LogP contribution in [0, 0.1) is 5.41 Å². The van der Waals surface area contributed by atoms with E-state index in [0.717, 1.165) is 25.7 Å². The first-order valence-corrected chi connectivity index (χ1v) is 7.06. The van der Waals surface area contributed by atoms with Gasteiger partial charge in [-0.25, -0.2) is 0 Å². The molecule has 6 heteroatoms. The number of rotatable bonds is 8. The van der Waals surface area contributed by atoms with Gasteiger partial charge in [-0.15, -0.1) is 0 Å². The molecule has 0 spiro atoms. The number of carbonyl (C=O) groups excluding carboxylic acids is 1. The molecular formula is C15H30LiNaO4. The minimum absolute atomic E-state index is 0. The second-order valence-corrected chi connectivity index (χ2v) is 6.34. The summed E-state index contributed by atoms with van der Waals surface area (Å²) >= 11 is 0. The molecule has 1 unspecified atom stereocenters. The summed E-state index contributed by atoms with van der Waals surface area (Å²) in [5.74, 6) is -1.80. The van der Waals surface area contributed by atoms with E-state index in [1.165, 1.54) is 6.42 Å². The van der Waals surface area contributed by atoms with Gasteiger partial charge in [0.15, 0.2) is 0 Å². The summed E-state index contributed by atoms with van der Waals surface area (Å²) in [4.78, 5) is 22.1. The predicted octanol–water partition coefficient (Wildman–Crippen LogP) is 2.48. The zero-order valence-corrected chi connectivity index (χ0v) is 12.9. The van der Waals surface area contributed by atoms with Gasteiger partial charge in [0.1, 0.15) is 12.0 Å². The third-order valence-electron chi connectivity index (χ3n) is 3.73. The standard InChI is InChI=1S/C15H28O4.Li.Na.2H/c1-6-7-8-9-10-15(5,14(2,3)4)19-13(18)11-12(16)17;;;;/h6-11H2,1-5H3,(H,16,17);;;;. The van der Waals surface area contributed by atoms with Crippen molar-refractivity contribution in [1.82, 2.24) is 0 Å². The molecule has 116 valence electrons. The van der Waals surface area contributed by atoms with Crippen LogP contribution in [0.25, 0.3) is 0 Å².